The van der Waals surface area contributed by atoms with E-state index in [0.717, 1.165) is 6.42 Å². The molecule has 0 spiro atoms. The van der Waals surface area contributed by atoms with Crippen LogP contribution in [0.2, 0.25) is 0 Å². The Morgan fingerprint density at radius 2 is 2.29 bits per heavy atom. The molecule has 1 aliphatic heterocycles. The molecule has 0 saturated heterocycles. The SMILES string of the molecule is C=CC(C)C[C@@]1(C)SC(=O)C(C)=C1O. The molecule has 1 N–H and O–H groups in total. The molecule has 0 aromatic rings. The lowest BCUT2D eigenvalue weighted by Crippen LogP contribution is -2.23. The van der Waals surface area contributed by atoms with Crippen LogP contribution in [0.5, 0.6) is 0 Å². The number of carbonyl (C=O) groups is 1. The first kappa shape index (κ1) is 11.4. The monoisotopic (exact) mass is 212 g/mol. The third kappa shape index (κ3) is 1.87. The van der Waals surface area contributed by atoms with E-state index in [1.807, 2.05) is 19.9 Å². The quantitative estimate of drug-likeness (QED) is 0.730. The normalized spacial score (nSPS) is 29.5. The van der Waals surface area contributed by atoms with Gasteiger partial charge in [-0.1, -0.05) is 24.8 Å². The standard InChI is InChI=1S/C11H16O2S/c1-5-7(2)6-11(4)9(12)8(3)10(13)14-11/h5,7,12H,1,6H2,2-4H3/t7?,11-/m1/s1. The van der Waals surface area contributed by atoms with Gasteiger partial charge in [0.15, 0.2) is 0 Å². The lowest BCUT2D eigenvalue weighted by Gasteiger charge is -2.24. The van der Waals surface area contributed by atoms with E-state index in [-0.39, 0.29) is 10.9 Å². The van der Waals surface area contributed by atoms with Gasteiger partial charge in [0.05, 0.1) is 4.75 Å². The van der Waals surface area contributed by atoms with Crippen molar-refractivity contribution in [1.29, 1.82) is 0 Å². The van der Waals surface area contributed by atoms with Crippen LogP contribution in [0.1, 0.15) is 27.2 Å². The van der Waals surface area contributed by atoms with Crippen LogP contribution < -0.4 is 0 Å². The summed E-state index contributed by atoms with van der Waals surface area (Å²) in [7, 11) is 0. The van der Waals surface area contributed by atoms with Gasteiger partial charge in [0.25, 0.3) is 0 Å². The van der Waals surface area contributed by atoms with Crippen molar-refractivity contribution in [3.8, 4) is 0 Å². The van der Waals surface area contributed by atoms with Gasteiger partial charge in [0.1, 0.15) is 5.76 Å². The number of thioether (sulfide) groups is 1. The van der Waals surface area contributed by atoms with E-state index in [4.69, 9.17) is 0 Å². The average Bonchev–Trinajstić information content (AvgIpc) is 2.30. The highest BCUT2D eigenvalue weighted by molar-refractivity contribution is 8.15. The molecule has 1 aliphatic rings. The Kier molecular flexibility index (Phi) is 3.10. The van der Waals surface area contributed by atoms with Gasteiger partial charge in [-0.2, -0.15) is 0 Å². The van der Waals surface area contributed by atoms with E-state index in [1.165, 1.54) is 11.8 Å². The number of rotatable bonds is 3. The molecule has 0 amide bonds. The maximum atomic E-state index is 11.4. The van der Waals surface area contributed by atoms with Crippen LogP contribution in [-0.4, -0.2) is 15.0 Å². The Morgan fingerprint density at radius 1 is 1.71 bits per heavy atom. The average molecular weight is 212 g/mol. The summed E-state index contributed by atoms with van der Waals surface area (Å²) in [5, 5.41) is 9.82. The topological polar surface area (TPSA) is 37.3 Å². The summed E-state index contributed by atoms with van der Waals surface area (Å²) in [5.41, 5.74) is 0.494. The number of aliphatic hydroxyl groups excluding tert-OH is 1. The zero-order valence-corrected chi connectivity index (χ0v) is 9.65. The van der Waals surface area contributed by atoms with Gasteiger partial charge in [-0.15, -0.1) is 6.58 Å². The van der Waals surface area contributed by atoms with Gasteiger partial charge >= 0.3 is 0 Å². The largest absolute Gasteiger partial charge is 0.510 e. The van der Waals surface area contributed by atoms with Crippen molar-refractivity contribution in [3.63, 3.8) is 0 Å². The maximum absolute atomic E-state index is 11.4. The number of allylic oxidation sites excluding steroid dienone is 1. The molecule has 3 heteroatoms. The van der Waals surface area contributed by atoms with Gasteiger partial charge in [-0.3, -0.25) is 4.79 Å². The number of hydrogen-bond donors (Lipinski definition) is 1. The van der Waals surface area contributed by atoms with Crippen molar-refractivity contribution in [2.75, 3.05) is 0 Å². The van der Waals surface area contributed by atoms with E-state index in [1.54, 1.807) is 6.92 Å². The van der Waals surface area contributed by atoms with Gasteiger partial charge in [0.2, 0.25) is 5.12 Å². The van der Waals surface area contributed by atoms with Crippen molar-refractivity contribution in [3.05, 3.63) is 24.0 Å². The highest BCUT2D eigenvalue weighted by atomic mass is 32.2. The first-order valence-corrected chi connectivity index (χ1v) is 5.48. The van der Waals surface area contributed by atoms with Gasteiger partial charge < -0.3 is 5.11 Å². The minimum absolute atomic E-state index is 0.0127. The fourth-order valence-electron chi connectivity index (χ4n) is 1.66. The molecule has 0 aromatic heterocycles. The smallest absolute Gasteiger partial charge is 0.219 e. The molecule has 1 unspecified atom stereocenters. The first-order chi connectivity index (χ1) is 6.40. The molecule has 14 heavy (non-hydrogen) atoms. The molecular weight excluding hydrogens is 196 g/mol. The van der Waals surface area contributed by atoms with Crippen LogP contribution in [0.25, 0.3) is 0 Å². The molecule has 0 fully saturated rings. The van der Waals surface area contributed by atoms with Crippen LogP contribution in [0, 0.1) is 5.92 Å². The second-order valence-corrected chi connectivity index (χ2v) is 5.49. The fraction of sp³-hybridized carbons (Fsp3) is 0.545. The van der Waals surface area contributed by atoms with E-state index < -0.39 is 4.75 Å². The highest BCUT2D eigenvalue weighted by Gasteiger charge is 2.42. The van der Waals surface area contributed by atoms with E-state index in [0.29, 0.717) is 11.5 Å². The second-order valence-electron chi connectivity index (χ2n) is 4.01. The van der Waals surface area contributed by atoms with Gasteiger partial charge in [0, 0.05) is 5.57 Å². The van der Waals surface area contributed by atoms with E-state index in [9.17, 15) is 9.90 Å². The summed E-state index contributed by atoms with van der Waals surface area (Å²) < 4.78 is -0.450. The predicted octanol–water partition coefficient (Wildman–Crippen LogP) is 3.06. The van der Waals surface area contributed by atoms with Gasteiger partial charge in [-0.05, 0) is 26.2 Å². The minimum Gasteiger partial charge on any atom is -0.510 e. The molecule has 78 valence electrons. The number of carbonyl (C=O) groups excluding carboxylic acids is 1. The summed E-state index contributed by atoms with van der Waals surface area (Å²) in [5.74, 6) is 0.537. The van der Waals surface area contributed by atoms with Crippen LogP contribution in [0.4, 0.5) is 0 Å². The summed E-state index contributed by atoms with van der Waals surface area (Å²) in [6.07, 6.45) is 2.59. The van der Waals surface area contributed by atoms with Crippen molar-refractivity contribution >= 4 is 16.9 Å². The van der Waals surface area contributed by atoms with Crippen molar-refractivity contribution < 1.29 is 9.90 Å². The third-order valence-corrected chi connectivity index (χ3v) is 3.90. The lowest BCUT2D eigenvalue weighted by atomic mass is 9.93. The molecule has 2 atom stereocenters. The zero-order valence-electron chi connectivity index (χ0n) is 8.83. The maximum Gasteiger partial charge on any atom is 0.219 e. The molecule has 1 heterocycles. The summed E-state index contributed by atoms with van der Waals surface area (Å²) in [6, 6.07) is 0. The van der Waals surface area contributed by atoms with E-state index >= 15 is 0 Å². The van der Waals surface area contributed by atoms with Crippen LogP contribution >= 0.6 is 11.8 Å². The third-order valence-electron chi connectivity index (χ3n) is 2.59. The minimum atomic E-state index is -0.450. The lowest BCUT2D eigenvalue weighted by molar-refractivity contribution is -0.107. The molecule has 1 rings (SSSR count). The van der Waals surface area contributed by atoms with Crippen LogP contribution in [-0.2, 0) is 4.79 Å². The first-order valence-electron chi connectivity index (χ1n) is 4.67. The molecule has 0 bridgehead atoms. The van der Waals surface area contributed by atoms with Crippen molar-refractivity contribution in [1.82, 2.24) is 0 Å². The number of hydrogen-bond acceptors (Lipinski definition) is 3. The predicted molar refractivity (Wildman–Crippen MR) is 60.3 cm³/mol. The summed E-state index contributed by atoms with van der Waals surface area (Å²) in [6.45, 7) is 9.32. The van der Waals surface area contributed by atoms with Crippen molar-refractivity contribution in [2.45, 2.75) is 31.9 Å². The molecule has 0 aromatic carbocycles. The summed E-state index contributed by atoms with van der Waals surface area (Å²) >= 11 is 1.22. The second kappa shape index (κ2) is 3.81. The molecular formula is C11H16O2S. The molecule has 0 aliphatic carbocycles. The Labute approximate surface area is 89.1 Å². The van der Waals surface area contributed by atoms with Crippen LogP contribution in [0.3, 0.4) is 0 Å². The Bertz CT molecular complexity index is 306. The Balaban J connectivity index is 2.88. The molecule has 0 saturated carbocycles. The summed E-state index contributed by atoms with van der Waals surface area (Å²) in [4.78, 5) is 11.4. The zero-order chi connectivity index (χ0) is 10.9. The van der Waals surface area contributed by atoms with Crippen molar-refractivity contribution in [2.24, 2.45) is 5.92 Å². The fourth-order valence-corrected chi connectivity index (χ4v) is 2.91. The number of aliphatic hydroxyl groups is 1. The molecule has 2 nitrogen and oxygen atoms in total. The highest BCUT2D eigenvalue weighted by Crippen LogP contribution is 2.45. The van der Waals surface area contributed by atoms with Gasteiger partial charge in [-0.25, -0.2) is 0 Å². The van der Waals surface area contributed by atoms with Crippen LogP contribution in [0.15, 0.2) is 24.0 Å². The Hall–Kier alpha value is -0.700. The van der Waals surface area contributed by atoms with E-state index in [2.05, 4.69) is 6.58 Å². The Morgan fingerprint density at radius 3 is 2.64 bits per heavy atom. The molecule has 0 radical (unpaired) electrons.